The standard InChI is InChI=1S/C21H24ClN5OS.HI/c1-23-21(24-13-15-29(28)19-6-3-2-4-7-19)25-16-20(27-14-5-12-26-27)17-8-10-18(22)11-9-17;/h2-12,14,20H,13,15-16H2,1H3,(H2,23,24,25);1H. The third-order valence-corrected chi connectivity index (χ3v) is 6.00. The van der Waals surface area contributed by atoms with E-state index in [0.717, 1.165) is 10.5 Å². The summed E-state index contributed by atoms with van der Waals surface area (Å²) in [5.41, 5.74) is 1.09. The summed E-state index contributed by atoms with van der Waals surface area (Å²) >= 11 is 6.03. The van der Waals surface area contributed by atoms with Crippen molar-refractivity contribution in [1.82, 2.24) is 20.4 Å². The average molecular weight is 558 g/mol. The molecule has 6 nitrogen and oxygen atoms in total. The second-order valence-corrected chi connectivity index (χ2v) is 8.30. The lowest BCUT2D eigenvalue weighted by Crippen LogP contribution is -2.41. The number of nitrogens with zero attached hydrogens (tertiary/aromatic N) is 3. The Morgan fingerprint density at radius 1 is 1.13 bits per heavy atom. The Morgan fingerprint density at radius 3 is 2.50 bits per heavy atom. The van der Waals surface area contributed by atoms with Gasteiger partial charge in [-0.2, -0.15) is 5.10 Å². The van der Waals surface area contributed by atoms with Crippen LogP contribution < -0.4 is 10.6 Å². The second kappa shape index (κ2) is 12.7. The molecule has 1 aromatic heterocycles. The van der Waals surface area contributed by atoms with Crippen LogP contribution in [0.5, 0.6) is 0 Å². The zero-order valence-corrected chi connectivity index (χ0v) is 20.5. The Morgan fingerprint density at radius 2 is 1.87 bits per heavy atom. The van der Waals surface area contributed by atoms with Crippen LogP contribution in [0.2, 0.25) is 5.02 Å². The topological polar surface area (TPSA) is 71.3 Å². The third kappa shape index (κ3) is 7.10. The van der Waals surface area contributed by atoms with Crippen LogP contribution in [0.25, 0.3) is 0 Å². The molecule has 160 valence electrons. The molecule has 1 heterocycles. The van der Waals surface area contributed by atoms with Crippen LogP contribution in [0.4, 0.5) is 0 Å². The molecule has 0 spiro atoms. The predicted molar refractivity (Wildman–Crippen MR) is 134 cm³/mol. The lowest BCUT2D eigenvalue weighted by Gasteiger charge is -2.20. The fourth-order valence-corrected chi connectivity index (χ4v) is 3.99. The maximum Gasteiger partial charge on any atom is 0.191 e. The molecule has 2 atom stereocenters. The van der Waals surface area contributed by atoms with E-state index in [2.05, 4.69) is 20.7 Å². The van der Waals surface area contributed by atoms with Crippen molar-refractivity contribution in [1.29, 1.82) is 0 Å². The van der Waals surface area contributed by atoms with Crippen LogP contribution in [-0.2, 0) is 10.8 Å². The zero-order valence-electron chi connectivity index (χ0n) is 16.6. The number of halogens is 2. The molecular weight excluding hydrogens is 533 g/mol. The summed E-state index contributed by atoms with van der Waals surface area (Å²) < 4.78 is 14.2. The lowest BCUT2D eigenvalue weighted by atomic mass is 10.1. The first-order valence-corrected chi connectivity index (χ1v) is 11.0. The molecule has 9 heteroatoms. The third-order valence-electron chi connectivity index (χ3n) is 4.37. The average Bonchev–Trinajstić information content (AvgIpc) is 3.29. The second-order valence-electron chi connectivity index (χ2n) is 6.30. The van der Waals surface area contributed by atoms with Crippen LogP contribution >= 0.6 is 35.6 Å². The predicted octanol–water partition coefficient (Wildman–Crippen LogP) is 3.72. The monoisotopic (exact) mass is 557 g/mol. The Labute approximate surface area is 201 Å². The minimum absolute atomic E-state index is 0. The number of hydrogen-bond acceptors (Lipinski definition) is 3. The zero-order chi connectivity index (χ0) is 20.5. The van der Waals surface area contributed by atoms with Crippen molar-refractivity contribution >= 4 is 52.3 Å². The summed E-state index contributed by atoms with van der Waals surface area (Å²) in [6, 6.07) is 19.1. The minimum Gasteiger partial charge on any atom is -0.355 e. The van der Waals surface area contributed by atoms with Crippen molar-refractivity contribution in [2.75, 3.05) is 25.9 Å². The first-order chi connectivity index (χ1) is 14.2. The molecule has 0 aliphatic heterocycles. The van der Waals surface area contributed by atoms with Crippen LogP contribution in [0, 0.1) is 0 Å². The molecule has 0 aliphatic carbocycles. The summed E-state index contributed by atoms with van der Waals surface area (Å²) in [5.74, 6) is 1.16. The Hall–Kier alpha value is -1.91. The molecule has 2 unspecified atom stereocenters. The van der Waals surface area contributed by atoms with Crippen LogP contribution in [0.1, 0.15) is 11.6 Å². The summed E-state index contributed by atoms with van der Waals surface area (Å²) in [4.78, 5) is 5.10. The van der Waals surface area contributed by atoms with E-state index in [1.54, 1.807) is 13.2 Å². The quantitative estimate of drug-likeness (QED) is 0.252. The van der Waals surface area contributed by atoms with Gasteiger partial charge < -0.3 is 10.6 Å². The fourth-order valence-electron chi connectivity index (χ4n) is 2.88. The lowest BCUT2D eigenvalue weighted by molar-refractivity contribution is 0.511. The Balaban J connectivity index is 0.00000320. The van der Waals surface area contributed by atoms with E-state index in [4.69, 9.17) is 11.6 Å². The van der Waals surface area contributed by atoms with Gasteiger partial charge >= 0.3 is 0 Å². The molecule has 0 bridgehead atoms. The highest BCUT2D eigenvalue weighted by molar-refractivity contribution is 14.0. The van der Waals surface area contributed by atoms with Crippen molar-refractivity contribution in [3.8, 4) is 0 Å². The highest BCUT2D eigenvalue weighted by Gasteiger charge is 2.15. The molecule has 30 heavy (non-hydrogen) atoms. The van der Waals surface area contributed by atoms with E-state index >= 15 is 0 Å². The number of aliphatic imine (C=N–C) groups is 1. The largest absolute Gasteiger partial charge is 0.355 e. The molecule has 0 fully saturated rings. The van der Waals surface area contributed by atoms with Gasteiger partial charge in [0.2, 0.25) is 0 Å². The molecule has 3 rings (SSSR count). The molecule has 0 aliphatic rings. The molecule has 0 saturated heterocycles. The number of benzene rings is 2. The number of rotatable bonds is 8. The fraction of sp³-hybridized carbons (Fsp3) is 0.238. The summed E-state index contributed by atoms with van der Waals surface area (Å²) in [6.45, 7) is 1.14. The number of aromatic nitrogens is 2. The number of hydrogen-bond donors (Lipinski definition) is 2. The molecule has 0 radical (unpaired) electrons. The molecule has 2 N–H and O–H groups in total. The van der Waals surface area contributed by atoms with Crippen molar-refractivity contribution in [2.45, 2.75) is 10.9 Å². The van der Waals surface area contributed by atoms with Gasteiger partial charge in [-0.3, -0.25) is 13.9 Å². The van der Waals surface area contributed by atoms with E-state index in [1.807, 2.05) is 71.5 Å². The van der Waals surface area contributed by atoms with E-state index in [9.17, 15) is 4.21 Å². The van der Waals surface area contributed by atoms with Crippen molar-refractivity contribution in [3.63, 3.8) is 0 Å². The molecular formula is C21H25ClIN5OS. The maximum atomic E-state index is 12.3. The van der Waals surface area contributed by atoms with Crippen molar-refractivity contribution < 1.29 is 4.21 Å². The first kappa shape index (κ1) is 24.4. The first-order valence-electron chi connectivity index (χ1n) is 9.30. The highest BCUT2D eigenvalue weighted by atomic mass is 127. The van der Waals surface area contributed by atoms with Crippen LogP contribution in [0.3, 0.4) is 0 Å². The number of nitrogens with one attached hydrogen (secondary N) is 2. The van der Waals surface area contributed by atoms with Gasteiger partial charge in [-0.15, -0.1) is 24.0 Å². The normalized spacial score (nSPS) is 13.2. The van der Waals surface area contributed by atoms with Crippen molar-refractivity contribution in [3.05, 3.63) is 83.6 Å². The molecule has 0 amide bonds. The Kier molecular flexibility index (Phi) is 10.3. The van der Waals surface area contributed by atoms with E-state index in [-0.39, 0.29) is 30.0 Å². The highest BCUT2D eigenvalue weighted by Crippen LogP contribution is 2.19. The number of guanidine groups is 1. The van der Waals surface area contributed by atoms with E-state index in [0.29, 0.717) is 29.8 Å². The van der Waals surface area contributed by atoms with Gasteiger partial charge in [-0.1, -0.05) is 41.9 Å². The van der Waals surface area contributed by atoms with Gasteiger partial charge in [0.1, 0.15) is 0 Å². The van der Waals surface area contributed by atoms with Crippen LogP contribution in [0.15, 0.2) is 82.9 Å². The molecule has 3 aromatic rings. The summed E-state index contributed by atoms with van der Waals surface area (Å²) in [7, 11) is 0.674. The summed E-state index contributed by atoms with van der Waals surface area (Å²) in [5, 5.41) is 11.6. The van der Waals surface area contributed by atoms with Crippen LogP contribution in [-0.4, -0.2) is 45.8 Å². The van der Waals surface area contributed by atoms with Gasteiger partial charge in [0.15, 0.2) is 5.96 Å². The van der Waals surface area contributed by atoms with Gasteiger partial charge in [0, 0.05) is 48.2 Å². The smallest absolute Gasteiger partial charge is 0.191 e. The maximum absolute atomic E-state index is 12.3. The summed E-state index contributed by atoms with van der Waals surface area (Å²) in [6.07, 6.45) is 3.69. The van der Waals surface area contributed by atoms with E-state index in [1.165, 1.54) is 0 Å². The van der Waals surface area contributed by atoms with Crippen molar-refractivity contribution in [2.24, 2.45) is 4.99 Å². The van der Waals surface area contributed by atoms with Gasteiger partial charge in [0.05, 0.1) is 16.8 Å². The SMILES string of the molecule is CN=C(NCCS(=O)c1ccccc1)NCC(c1ccc(Cl)cc1)n1cccn1.I. The van der Waals surface area contributed by atoms with Gasteiger partial charge in [-0.05, 0) is 35.9 Å². The van der Waals surface area contributed by atoms with Gasteiger partial charge in [0.25, 0.3) is 0 Å². The Bertz CT molecular complexity index is 936. The van der Waals surface area contributed by atoms with E-state index < -0.39 is 10.8 Å². The molecule has 2 aromatic carbocycles. The minimum atomic E-state index is -1.04. The molecule has 0 saturated carbocycles. The van der Waals surface area contributed by atoms with Gasteiger partial charge in [-0.25, -0.2) is 0 Å².